The third kappa shape index (κ3) is 2.19. The van der Waals surface area contributed by atoms with E-state index in [9.17, 15) is 4.79 Å². The second-order valence-corrected chi connectivity index (χ2v) is 4.17. The maximum atomic E-state index is 11.3. The highest BCUT2D eigenvalue weighted by Gasteiger charge is 2.14. The highest BCUT2D eigenvalue weighted by Crippen LogP contribution is 2.30. The quantitative estimate of drug-likeness (QED) is 0.680. The number of aromatic nitrogens is 3. The Balaban J connectivity index is 2.29. The molecule has 0 saturated heterocycles. The molecule has 0 amide bonds. The molecule has 0 bridgehead atoms. The van der Waals surface area contributed by atoms with Gasteiger partial charge in [-0.3, -0.25) is 19.7 Å². The van der Waals surface area contributed by atoms with Gasteiger partial charge in [-0.05, 0) is 30.3 Å². The van der Waals surface area contributed by atoms with Crippen molar-refractivity contribution in [3.05, 3.63) is 66.6 Å². The molecule has 20 heavy (non-hydrogen) atoms. The summed E-state index contributed by atoms with van der Waals surface area (Å²) in [4.78, 5) is 24.3. The second-order valence-electron chi connectivity index (χ2n) is 4.17. The Morgan fingerprint density at radius 1 is 0.750 bits per heavy atom. The molecular formula is C16H11N3O. The SMILES string of the molecule is O=Cc1ccnc(-c2ccccn2)c1-c1ccccn1. The molecule has 3 rings (SSSR count). The number of carbonyl (C=O) groups is 1. The minimum Gasteiger partial charge on any atom is -0.298 e. The van der Waals surface area contributed by atoms with Crippen LogP contribution in [0.15, 0.2) is 61.1 Å². The van der Waals surface area contributed by atoms with E-state index in [4.69, 9.17) is 0 Å². The van der Waals surface area contributed by atoms with Gasteiger partial charge in [-0.1, -0.05) is 12.1 Å². The van der Waals surface area contributed by atoms with Crippen molar-refractivity contribution in [3.63, 3.8) is 0 Å². The van der Waals surface area contributed by atoms with Crippen LogP contribution in [0, 0.1) is 0 Å². The van der Waals surface area contributed by atoms with Crippen LogP contribution in [0.2, 0.25) is 0 Å². The van der Waals surface area contributed by atoms with Gasteiger partial charge in [-0.2, -0.15) is 0 Å². The van der Waals surface area contributed by atoms with E-state index in [1.54, 1.807) is 24.7 Å². The lowest BCUT2D eigenvalue weighted by atomic mass is 10.0. The van der Waals surface area contributed by atoms with E-state index in [-0.39, 0.29) is 0 Å². The molecule has 0 aliphatic carbocycles. The van der Waals surface area contributed by atoms with E-state index in [0.29, 0.717) is 22.5 Å². The molecule has 0 aliphatic rings. The summed E-state index contributed by atoms with van der Waals surface area (Å²) in [6, 6.07) is 12.9. The van der Waals surface area contributed by atoms with Crippen molar-refractivity contribution in [2.75, 3.05) is 0 Å². The first-order chi connectivity index (χ1) is 9.90. The van der Waals surface area contributed by atoms with Gasteiger partial charge in [0.15, 0.2) is 6.29 Å². The standard InChI is InChI=1S/C16H11N3O/c20-11-12-7-10-19-16(14-6-2-4-9-18-14)15(12)13-5-1-3-8-17-13/h1-11H. The smallest absolute Gasteiger partial charge is 0.150 e. The fourth-order valence-electron chi connectivity index (χ4n) is 2.05. The van der Waals surface area contributed by atoms with Gasteiger partial charge in [0.05, 0.1) is 17.1 Å². The minimum atomic E-state index is 0.555. The number of hydrogen-bond acceptors (Lipinski definition) is 4. The van der Waals surface area contributed by atoms with E-state index in [1.807, 2.05) is 36.4 Å². The van der Waals surface area contributed by atoms with Gasteiger partial charge >= 0.3 is 0 Å². The number of carbonyl (C=O) groups excluding carboxylic acids is 1. The summed E-state index contributed by atoms with van der Waals surface area (Å²) in [7, 11) is 0. The van der Waals surface area contributed by atoms with Crippen LogP contribution in [0.25, 0.3) is 22.6 Å². The van der Waals surface area contributed by atoms with Crippen LogP contribution in [0.5, 0.6) is 0 Å². The van der Waals surface area contributed by atoms with Crippen molar-refractivity contribution in [1.29, 1.82) is 0 Å². The zero-order chi connectivity index (χ0) is 13.8. The molecule has 0 aromatic carbocycles. The zero-order valence-corrected chi connectivity index (χ0v) is 10.6. The third-order valence-corrected chi connectivity index (χ3v) is 2.94. The molecule has 3 aromatic heterocycles. The van der Waals surface area contributed by atoms with Crippen LogP contribution in [0.1, 0.15) is 10.4 Å². The average molecular weight is 261 g/mol. The van der Waals surface area contributed by atoms with E-state index in [0.717, 1.165) is 12.0 Å². The number of hydrogen-bond donors (Lipinski definition) is 0. The first-order valence-electron chi connectivity index (χ1n) is 6.17. The maximum absolute atomic E-state index is 11.3. The molecule has 4 heteroatoms. The average Bonchev–Trinajstić information content (AvgIpc) is 2.55. The normalized spacial score (nSPS) is 10.2. The van der Waals surface area contributed by atoms with Crippen molar-refractivity contribution >= 4 is 6.29 Å². The summed E-state index contributed by atoms with van der Waals surface area (Å²) in [6.07, 6.45) is 5.82. The maximum Gasteiger partial charge on any atom is 0.150 e. The molecule has 0 saturated carbocycles. The second kappa shape index (κ2) is 5.40. The van der Waals surface area contributed by atoms with E-state index >= 15 is 0 Å². The topological polar surface area (TPSA) is 55.7 Å². The molecule has 0 atom stereocenters. The minimum absolute atomic E-state index is 0.555. The van der Waals surface area contributed by atoms with Gasteiger partial charge in [0.25, 0.3) is 0 Å². The van der Waals surface area contributed by atoms with Crippen LogP contribution in [0.3, 0.4) is 0 Å². The monoisotopic (exact) mass is 261 g/mol. The van der Waals surface area contributed by atoms with Crippen LogP contribution < -0.4 is 0 Å². The summed E-state index contributed by atoms with van der Waals surface area (Å²) in [6.45, 7) is 0. The first-order valence-corrected chi connectivity index (χ1v) is 6.17. The summed E-state index contributed by atoms with van der Waals surface area (Å²) >= 11 is 0. The van der Waals surface area contributed by atoms with Gasteiger partial charge in [0.1, 0.15) is 0 Å². The largest absolute Gasteiger partial charge is 0.298 e. The van der Waals surface area contributed by atoms with Gasteiger partial charge < -0.3 is 0 Å². The zero-order valence-electron chi connectivity index (χ0n) is 10.6. The molecule has 4 nitrogen and oxygen atoms in total. The lowest BCUT2D eigenvalue weighted by Crippen LogP contribution is -1.97. The van der Waals surface area contributed by atoms with Gasteiger partial charge in [-0.15, -0.1) is 0 Å². The molecule has 0 N–H and O–H groups in total. The Morgan fingerprint density at radius 3 is 2.05 bits per heavy atom. The summed E-state index contributed by atoms with van der Waals surface area (Å²) in [5.41, 5.74) is 3.36. The van der Waals surface area contributed by atoms with Crippen LogP contribution >= 0.6 is 0 Å². The Kier molecular flexibility index (Phi) is 3.29. The van der Waals surface area contributed by atoms with Crippen LogP contribution in [0.4, 0.5) is 0 Å². The lowest BCUT2D eigenvalue weighted by molar-refractivity contribution is 0.112. The van der Waals surface area contributed by atoms with Crippen molar-refractivity contribution in [2.45, 2.75) is 0 Å². The van der Waals surface area contributed by atoms with Crippen molar-refractivity contribution in [2.24, 2.45) is 0 Å². The number of rotatable bonds is 3. The Bertz CT molecular complexity index is 727. The fraction of sp³-hybridized carbons (Fsp3) is 0. The molecule has 3 aromatic rings. The van der Waals surface area contributed by atoms with E-state index < -0.39 is 0 Å². The van der Waals surface area contributed by atoms with Gasteiger partial charge in [-0.25, -0.2) is 0 Å². The van der Waals surface area contributed by atoms with Crippen molar-refractivity contribution in [1.82, 2.24) is 15.0 Å². The molecular weight excluding hydrogens is 250 g/mol. The molecule has 0 aliphatic heterocycles. The molecule has 96 valence electrons. The Hall–Kier alpha value is -2.88. The van der Waals surface area contributed by atoms with Crippen LogP contribution in [-0.4, -0.2) is 21.2 Å². The highest BCUT2D eigenvalue weighted by molar-refractivity contribution is 5.92. The Morgan fingerprint density at radius 2 is 1.45 bits per heavy atom. The molecule has 0 radical (unpaired) electrons. The van der Waals surface area contributed by atoms with Crippen LogP contribution in [-0.2, 0) is 0 Å². The number of aldehydes is 1. The first kappa shape index (κ1) is 12.2. The molecule has 3 heterocycles. The lowest BCUT2D eigenvalue weighted by Gasteiger charge is -2.09. The Labute approximate surface area is 116 Å². The summed E-state index contributed by atoms with van der Waals surface area (Å²) in [5, 5.41) is 0. The number of nitrogens with zero attached hydrogens (tertiary/aromatic N) is 3. The van der Waals surface area contributed by atoms with E-state index in [2.05, 4.69) is 15.0 Å². The highest BCUT2D eigenvalue weighted by atomic mass is 16.1. The fourth-order valence-corrected chi connectivity index (χ4v) is 2.05. The van der Waals surface area contributed by atoms with Crippen molar-refractivity contribution in [3.8, 4) is 22.6 Å². The molecule has 0 spiro atoms. The third-order valence-electron chi connectivity index (χ3n) is 2.94. The predicted molar refractivity (Wildman–Crippen MR) is 76.1 cm³/mol. The van der Waals surface area contributed by atoms with Gasteiger partial charge in [0, 0.05) is 29.7 Å². The molecule has 0 fully saturated rings. The predicted octanol–water partition coefficient (Wildman–Crippen LogP) is 3.02. The van der Waals surface area contributed by atoms with Crippen molar-refractivity contribution < 1.29 is 4.79 Å². The summed E-state index contributed by atoms with van der Waals surface area (Å²) in [5.74, 6) is 0. The molecule has 0 unspecified atom stereocenters. The number of pyridine rings is 3. The van der Waals surface area contributed by atoms with E-state index in [1.165, 1.54) is 0 Å². The summed E-state index contributed by atoms with van der Waals surface area (Å²) < 4.78 is 0. The van der Waals surface area contributed by atoms with Gasteiger partial charge in [0.2, 0.25) is 0 Å².